The van der Waals surface area contributed by atoms with Gasteiger partial charge in [-0.25, -0.2) is 0 Å². The quantitative estimate of drug-likeness (QED) is 0.759. The third-order valence-electron chi connectivity index (χ3n) is 3.18. The highest BCUT2D eigenvalue weighted by atomic mass is 32.1. The Kier molecular flexibility index (Phi) is 5.42. The molecule has 0 fully saturated rings. The van der Waals surface area contributed by atoms with Gasteiger partial charge in [-0.05, 0) is 30.5 Å². The van der Waals surface area contributed by atoms with Gasteiger partial charge in [-0.15, -0.1) is 0 Å². The van der Waals surface area contributed by atoms with Gasteiger partial charge < -0.3 is 11.1 Å². The number of anilines is 1. The number of rotatable bonds is 6. The number of nitrogens with two attached hydrogens (primary N) is 1. The smallest absolute Gasteiger partial charge is 0.106 e. The van der Waals surface area contributed by atoms with E-state index in [1.165, 1.54) is 18.4 Å². The van der Waals surface area contributed by atoms with Crippen LogP contribution in [0.15, 0.2) is 18.2 Å². The summed E-state index contributed by atoms with van der Waals surface area (Å²) < 4.78 is 0. The maximum Gasteiger partial charge on any atom is 0.106 e. The minimum atomic E-state index is 0.456. The molecule has 1 aromatic rings. The number of hydrogen-bond acceptors (Lipinski definition) is 2. The second-order valence-corrected chi connectivity index (χ2v) is 4.92. The molecule has 0 bridgehead atoms. The van der Waals surface area contributed by atoms with Crippen molar-refractivity contribution in [2.45, 2.75) is 33.6 Å². The summed E-state index contributed by atoms with van der Waals surface area (Å²) in [5.74, 6) is 0.703. The van der Waals surface area contributed by atoms with E-state index in [-0.39, 0.29) is 0 Å². The first-order valence-corrected chi connectivity index (χ1v) is 6.63. The zero-order chi connectivity index (χ0) is 12.8. The number of hydrogen-bond donors (Lipinski definition) is 2. The highest BCUT2D eigenvalue weighted by Crippen LogP contribution is 2.19. The standard InChI is InChI=1S/C14H22N2S/c1-4-11(5-2)9-16-13-8-10(3)6-7-12(13)14(15)17/h6-8,11,16H,4-5,9H2,1-3H3,(H2,15,17). The maximum atomic E-state index is 5.73. The van der Waals surface area contributed by atoms with Gasteiger partial charge in [0.2, 0.25) is 0 Å². The van der Waals surface area contributed by atoms with Gasteiger partial charge >= 0.3 is 0 Å². The number of benzene rings is 1. The van der Waals surface area contributed by atoms with Crippen LogP contribution < -0.4 is 11.1 Å². The SMILES string of the molecule is CCC(CC)CNc1cc(C)ccc1C(N)=S. The molecule has 0 aromatic heterocycles. The predicted molar refractivity (Wildman–Crippen MR) is 79.6 cm³/mol. The Morgan fingerprint density at radius 3 is 2.53 bits per heavy atom. The monoisotopic (exact) mass is 250 g/mol. The molecule has 0 saturated carbocycles. The van der Waals surface area contributed by atoms with Crippen molar-refractivity contribution in [1.82, 2.24) is 0 Å². The van der Waals surface area contributed by atoms with Crippen molar-refractivity contribution < 1.29 is 0 Å². The zero-order valence-corrected chi connectivity index (χ0v) is 11.7. The van der Waals surface area contributed by atoms with Gasteiger partial charge in [0, 0.05) is 17.8 Å². The van der Waals surface area contributed by atoms with Crippen molar-refractivity contribution in [2.24, 2.45) is 11.7 Å². The average Bonchev–Trinajstić information content (AvgIpc) is 2.30. The van der Waals surface area contributed by atoms with Crippen molar-refractivity contribution in [3.63, 3.8) is 0 Å². The molecule has 1 rings (SSSR count). The summed E-state index contributed by atoms with van der Waals surface area (Å²) in [4.78, 5) is 0.456. The second-order valence-electron chi connectivity index (χ2n) is 4.48. The van der Waals surface area contributed by atoms with E-state index in [1.807, 2.05) is 12.1 Å². The van der Waals surface area contributed by atoms with E-state index in [9.17, 15) is 0 Å². The number of nitrogens with one attached hydrogen (secondary N) is 1. The van der Waals surface area contributed by atoms with E-state index in [4.69, 9.17) is 18.0 Å². The lowest BCUT2D eigenvalue weighted by molar-refractivity contribution is 0.519. The zero-order valence-electron chi connectivity index (χ0n) is 10.9. The van der Waals surface area contributed by atoms with Crippen molar-refractivity contribution in [3.8, 4) is 0 Å². The molecule has 0 saturated heterocycles. The molecule has 1 aromatic carbocycles. The number of thiocarbonyl (C=S) groups is 1. The van der Waals surface area contributed by atoms with Crippen LogP contribution >= 0.6 is 12.2 Å². The van der Waals surface area contributed by atoms with Crippen molar-refractivity contribution in [1.29, 1.82) is 0 Å². The molecule has 0 spiro atoms. The topological polar surface area (TPSA) is 38.0 Å². The van der Waals surface area contributed by atoms with Crippen LogP contribution in [0.4, 0.5) is 5.69 Å². The van der Waals surface area contributed by atoms with Crippen LogP contribution in [0.5, 0.6) is 0 Å². The molecule has 2 nitrogen and oxygen atoms in total. The Hall–Kier alpha value is -1.09. The average molecular weight is 250 g/mol. The minimum Gasteiger partial charge on any atom is -0.389 e. The van der Waals surface area contributed by atoms with Crippen LogP contribution in [0.2, 0.25) is 0 Å². The van der Waals surface area contributed by atoms with Gasteiger partial charge in [-0.2, -0.15) is 0 Å². The molecule has 0 aliphatic heterocycles. The van der Waals surface area contributed by atoms with Crippen LogP contribution in [0.25, 0.3) is 0 Å². The van der Waals surface area contributed by atoms with Crippen LogP contribution in [0.3, 0.4) is 0 Å². The summed E-state index contributed by atoms with van der Waals surface area (Å²) in [6.45, 7) is 7.50. The van der Waals surface area contributed by atoms with Gasteiger partial charge in [-0.1, -0.05) is 45.0 Å². The van der Waals surface area contributed by atoms with Gasteiger partial charge in [0.05, 0.1) is 0 Å². The van der Waals surface area contributed by atoms with Crippen LogP contribution in [-0.4, -0.2) is 11.5 Å². The Morgan fingerprint density at radius 2 is 2.00 bits per heavy atom. The normalized spacial score (nSPS) is 10.6. The third-order valence-corrected chi connectivity index (χ3v) is 3.40. The van der Waals surface area contributed by atoms with Crippen LogP contribution in [-0.2, 0) is 0 Å². The molecule has 0 atom stereocenters. The first kappa shape index (κ1) is 14.0. The minimum absolute atomic E-state index is 0.456. The lowest BCUT2D eigenvalue weighted by Gasteiger charge is -2.17. The lowest BCUT2D eigenvalue weighted by atomic mass is 10.0. The fraction of sp³-hybridized carbons (Fsp3) is 0.500. The highest BCUT2D eigenvalue weighted by molar-refractivity contribution is 7.80. The van der Waals surface area contributed by atoms with E-state index in [0.717, 1.165) is 17.8 Å². The molecule has 0 radical (unpaired) electrons. The molecule has 0 aliphatic carbocycles. The van der Waals surface area contributed by atoms with E-state index in [2.05, 4.69) is 32.2 Å². The Bertz CT molecular complexity index is 384. The van der Waals surface area contributed by atoms with Crippen LogP contribution in [0.1, 0.15) is 37.8 Å². The first-order valence-electron chi connectivity index (χ1n) is 6.22. The van der Waals surface area contributed by atoms with Gasteiger partial charge in [0.25, 0.3) is 0 Å². The molecule has 0 amide bonds. The Morgan fingerprint density at radius 1 is 1.35 bits per heavy atom. The molecule has 3 heteroatoms. The maximum absolute atomic E-state index is 5.73. The van der Waals surface area contributed by atoms with Crippen molar-refractivity contribution in [2.75, 3.05) is 11.9 Å². The summed E-state index contributed by atoms with van der Waals surface area (Å²) in [6, 6.07) is 6.14. The molecule has 0 heterocycles. The van der Waals surface area contributed by atoms with Crippen molar-refractivity contribution in [3.05, 3.63) is 29.3 Å². The van der Waals surface area contributed by atoms with E-state index in [1.54, 1.807) is 0 Å². The first-order chi connectivity index (χ1) is 8.08. The molecule has 3 N–H and O–H groups in total. The van der Waals surface area contributed by atoms with Gasteiger partial charge in [0.15, 0.2) is 0 Å². The van der Waals surface area contributed by atoms with Crippen molar-refractivity contribution >= 4 is 22.9 Å². The Labute approximate surface area is 110 Å². The van der Waals surface area contributed by atoms with Gasteiger partial charge in [0.1, 0.15) is 4.99 Å². The van der Waals surface area contributed by atoms with Crippen LogP contribution in [0, 0.1) is 12.8 Å². The lowest BCUT2D eigenvalue weighted by Crippen LogP contribution is -2.17. The summed E-state index contributed by atoms with van der Waals surface area (Å²) in [6.07, 6.45) is 2.38. The van der Waals surface area contributed by atoms with Gasteiger partial charge in [-0.3, -0.25) is 0 Å². The number of aryl methyl sites for hydroxylation is 1. The summed E-state index contributed by atoms with van der Waals surface area (Å²) >= 11 is 5.07. The Balaban J connectivity index is 2.81. The molecule has 17 heavy (non-hydrogen) atoms. The highest BCUT2D eigenvalue weighted by Gasteiger charge is 2.07. The predicted octanol–water partition coefficient (Wildman–Crippen LogP) is 3.48. The van der Waals surface area contributed by atoms with E-state index < -0.39 is 0 Å². The third kappa shape index (κ3) is 4.00. The second kappa shape index (κ2) is 6.60. The summed E-state index contributed by atoms with van der Waals surface area (Å²) in [7, 11) is 0. The fourth-order valence-electron chi connectivity index (χ4n) is 1.85. The molecule has 0 unspecified atom stereocenters. The molecular weight excluding hydrogens is 228 g/mol. The largest absolute Gasteiger partial charge is 0.389 e. The summed E-state index contributed by atoms with van der Waals surface area (Å²) in [5.41, 5.74) is 8.95. The molecule has 94 valence electrons. The summed E-state index contributed by atoms with van der Waals surface area (Å²) in [5, 5.41) is 3.47. The fourth-order valence-corrected chi connectivity index (χ4v) is 2.03. The van der Waals surface area contributed by atoms with E-state index >= 15 is 0 Å². The molecular formula is C14H22N2S. The van der Waals surface area contributed by atoms with E-state index in [0.29, 0.717) is 10.9 Å². The molecule has 0 aliphatic rings.